The van der Waals surface area contributed by atoms with Crippen LogP contribution in [0.1, 0.15) is 23.3 Å². The van der Waals surface area contributed by atoms with Crippen molar-refractivity contribution in [1.82, 2.24) is 19.9 Å². The molecule has 2 N–H and O–H groups in total. The maximum Gasteiger partial charge on any atom is 0.242 e. The third kappa shape index (κ3) is 4.17. The number of rotatable bonds is 5. The second-order valence-corrected chi connectivity index (χ2v) is 8.77. The Morgan fingerprint density at radius 3 is 2.48 bits per heavy atom. The zero-order valence-electron chi connectivity index (χ0n) is 13.1. The summed E-state index contributed by atoms with van der Waals surface area (Å²) in [6.07, 6.45) is 0. The van der Waals surface area contributed by atoms with Gasteiger partial charge in [0.25, 0.3) is 0 Å². The zero-order valence-corrected chi connectivity index (χ0v) is 17.1. The van der Waals surface area contributed by atoms with Gasteiger partial charge in [0.05, 0.1) is 4.90 Å². The van der Waals surface area contributed by atoms with E-state index in [4.69, 9.17) is 0 Å². The van der Waals surface area contributed by atoms with Crippen LogP contribution in [0.2, 0.25) is 0 Å². The maximum absolute atomic E-state index is 12.9. The highest BCUT2D eigenvalue weighted by atomic mass is 79.9. The molecule has 0 spiro atoms. The van der Waals surface area contributed by atoms with Gasteiger partial charge in [0, 0.05) is 8.95 Å². The molecule has 6 nitrogen and oxygen atoms in total. The van der Waals surface area contributed by atoms with E-state index in [1.165, 1.54) is 6.07 Å². The molecule has 0 aliphatic carbocycles. The Balaban J connectivity index is 2.04. The number of sulfonamides is 1. The second-order valence-electron chi connectivity index (χ2n) is 5.32. The van der Waals surface area contributed by atoms with Crippen molar-refractivity contribution in [3.05, 3.63) is 74.7 Å². The van der Waals surface area contributed by atoms with Crippen LogP contribution in [0.3, 0.4) is 0 Å². The van der Waals surface area contributed by atoms with Gasteiger partial charge in [-0.05, 0) is 46.6 Å². The van der Waals surface area contributed by atoms with Crippen LogP contribution >= 0.6 is 31.9 Å². The Hall–Kier alpha value is -1.55. The molecule has 1 atom stereocenters. The average Bonchev–Trinajstić information content (AvgIpc) is 3.02. The SMILES string of the molecule is Cc1nc(C(NS(=O)(=O)c2cc(Br)ccc2Br)c2ccccc2)n[nH]1. The lowest BCUT2D eigenvalue weighted by Crippen LogP contribution is -2.30. The molecule has 3 rings (SSSR count). The van der Waals surface area contributed by atoms with Gasteiger partial charge < -0.3 is 0 Å². The van der Waals surface area contributed by atoms with E-state index < -0.39 is 16.1 Å². The molecule has 0 radical (unpaired) electrons. The van der Waals surface area contributed by atoms with E-state index in [0.717, 1.165) is 5.56 Å². The van der Waals surface area contributed by atoms with E-state index in [9.17, 15) is 8.42 Å². The van der Waals surface area contributed by atoms with Crippen LogP contribution in [-0.2, 0) is 10.0 Å². The van der Waals surface area contributed by atoms with Crippen molar-refractivity contribution in [3.63, 3.8) is 0 Å². The van der Waals surface area contributed by atoms with Crippen molar-refractivity contribution in [2.24, 2.45) is 0 Å². The minimum Gasteiger partial charge on any atom is -0.263 e. The molecule has 0 aliphatic heterocycles. The standard InChI is InChI=1S/C16H14Br2N4O2S/c1-10-19-16(21-20-10)15(11-5-3-2-4-6-11)22-25(23,24)14-9-12(17)7-8-13(14)18/h2-9,15,22H,1H3,(H,19,20,21). The molecule has 3 aromatic rings. The lowest BCUT2D eigenvalue weighted by atomic mass is 10.1. The minimum absolute atomic E-state index is 0.134. The first-order valence-electron chi connectivity index (χ1n) is 7.28. The van der Waals surface area contributed by atoms with E-state index in [-0.39, 0.29) is 4.90 Å². The lowest BCUT2D eigenvalue weighted by Gasteiger charge is -2.17. The molecule has 1 aromatic heterocycles. The molecule has 0 saturated carbocycles. The summed E-state index contributed by atoms with van der Waals surface area (Å²) in [7, 11) is -3.82. The van der Waals surface area contributed by atoms with Gasteiger partial charge in [-0.2, -0.15) is 9.82 Å². The Bertz CT molecular complexity index is 990. The van der Waals surface area contributed by atoms with E-state index in [1.807, 2.05) is 30.3 Å². The monoisotopic (exact) mass is 484 g/mol. The van der Waals surface area contributed by atoms with Crippen LogP contribution in [0, 0.1) is 6.92 Å². The Labute approximate surface area is 162 Å². The third-order valence-electron chi connectivity index (χ3n) is 3.46. The number of halogens is 2. The molecule has 1 unspecified atom stereocenters. The average molecular weight is 486 g/mol. The van der Waals surface area contributed by atoms with Crippen LogP contribution in [0.25, 0.3) is 0 Å². The van der Waals surface area contributed by atoms with Crippen LogP contribution in [-0.4, -0.2) is 23.6 Å². The number of aryl methyl sites for hydroxylation is 1. The number of nitrogens with zero attached hydrogens (tertiary/aromatic N) is 2. The summed E-state index contributed by atoms with van der Waals surface area (Å²) in [6.45, 7) is 1.76. The number of aromatic amines is 1. The van der Waals surface area contributed by atoms with Crippen molar-refractivity contribution in [2.75, 3.05) is 0 Å². The highest BCUT2D eigenvalue weighted by molar-refractivity contribution is 9.11. The fraction of sp³-hybridized carbons (Fsp3) is 0.125. The molecule has 130 valence electrons. The fourth-order valence-electron chi connectivity index (χ4n) is 2.31. The quantitative estimate of drug-likeness (QED) is 0.576. The van der Waals surface area contributed by atoms with Gasteiger partial charge in [0.15, 0.2) is 5.82 Å². The van der Waals surface area contributed by atoms with Gasteiger partial charge in [-0.3, -0.25) is 5.10 Å². The summed E-state index contributed by atoms with van der Waals surface area (Å²) in [5, 5.41) is 6.88. The van der Waals surface area contributed by atoms with Crippen LogP contribution in [0.5, 0.6) is 0 Å². The zero-order chi connectivity index (χ0) is 18.0. The summed E-state index contributed by atoms with van der Waals surface area (Å²) in [6, 6.07) is 13.5. The molecule has 25 heavy (non-hydrogen) atoms. The predicted octanol–water partition coefficient (Wildman–Crippen LogP) is 3.71. The van der Waals surface area contributed by atoms with Crippen LogP contribution in [0.4, 0.5) is 0 Å². The first kappa shape index (κ1) is 18.2. The van der Waals surface area contributed by atoms with Gasteiger partial charge in [0.2, 0.25) is 10.0 Å². The van der Waals surface area contributed by atoms with Crippen molar-refractivity contribution in [3.8, 4) is 0 Å². The lowest BCUT2D eigenvalue weighted by molar-refractivity contribution is 0.567. The third-order valence-corrected chi connectivity index (χ3v) is 6.37. The molecular formula is C16H14Br2N4O2S. The molecule has 1 heterocycles. The predicted molar refractivity (Wildman–Crippen MR) is 102 cm³/mol. The van der Waals surface area contributed by atoms with Crippen LogP contribution < -0.4 is 4.72 Å². The fourth-order valence-corrected chi connectivity index (χ4v) is 4.99. The van der Waals surface area contributed by atoms with E-state index in [0.29, 0.717) is 20.6 Å². The van der Waals surface area contributed by atoms with Gasteiger partial charge in [-0.15, -0.1) is 0 Å². The highest BCUT2D eigenvalue weighted by Gasteiger charge is 2.27. The van der Waals surface area contributed by atoms with Crippen molar-refractivity contribution in [1.29, 1.82) is 0 Å². The molecule has 0 fully saturated rings. The Morgan fingerprint density at radius 1 is 1.12 bits per heavy atom. The molecule has 0 saturated heterocycles. The first-order chi connectivity index (χ1) is 11.9. The highest BCUT2D eigenvalue weighted by Crippen LogP contribution is 2.28. The first-order valence-corrected chi connectivity index (χ1v) is 10.3. The summed E-state index contributed by atoms with van der Waals surface area (Å²) in [4.78, 5) is 4.42. The summed E-state index contributed by atoms with van der Waals surface area (Å²) >= 11 is 6.60. The van der Waals surface area contributed by atoms with E-state index >= 15 is 0 Å². The molecule has 2 aromatic carbocycles. The van der Waals surface area contributed by atoms with E-state index in [2.05, 4.69) is 51.8 Å². The number of hydrogen-bond donors (Lipinski definition) is 2. The molecule has 0 bridgehead atoms. The number of hydrogen-bond acceptors (Lipinski definition) is 4. The smallest absolute Gasteiger partial charge is 0.242 e. The van der Waals surface area contributed by atoms with Crippen molar-refractivity contribution in [2.45, 2.75) is 17.9 Å². The van der Waals surface area contributed by atoms with Gasteiger partial charge in [-0.1, -0.05) is 46.3 Å². The summed E-state index contributed by atoms with van der Waals surface area (Å²) < 4.78 is 29.7. The van der Waals surface area contributed by atoms with Crippen molar-refractivity contribution < 1.29 is 8.42 Å². The van der Waals surface area contributed by atoms with Crippen LogP contribution in [0.15, 0.2) is 62.4 Å². The van der Waals surface area contributed by atoms with Crippen molar-refractivity contribution >= 4 is 41.9 Å². The molecule has 0 aliphatic rings. The normalized spacial score (nSPS) is 12.9. The number of H-pyrrole nitrogens is 1. The maximum atomic E-state index is 12.9. The topological polar surface area (TPSA) is 87.7 Å². The minimum atomic E-state index is -3.82. The molecule has 0 amide bonds. The number of nitrogens with one attached hydrogen (secondary N) is 2. The second kappa shape index (κ2) is 7.36. The van der Waals surface area contributed by atoms with Gasteiger partial charge in [-0.25, -0.2) is 13.4 Å². The number of benzene rings is 2. The summed E-state index contributed by atoms with van der Waals surface area (Å²) in [5.41, 5.74) is 0.746. The largest absolute Gasteiger partial charge is 0.263 e. The number of aromatic nitrogens is 3. The Kier molecular flexibility index (Phi) is 5.38. The van der Waals surface area contributed by atoms with Gasteiger partial charge in [0.1, 0.15) is 11.9 Å². The van der Waals surface area contributed by atoms with E-state index in [1.54, 1.807) is 19.1 Å². The summed E-state index contributed by atoms with van der Waals surface area (Å²) in [5.74, 6) is 0.970. The molecular weight excluding hydrogens is 472 g/mol. The molecule has 9 heteroatoms. The Morgan fingerprint density at radius 2 is 1.84 bits per heavy atom. The van der Waals surface area contributed by atoms with Gasteiger partial charge >= 0.3 is 0 Å².